The maximum atomic E-state index is 14.1. The first-order valence-electron chi connectivity index (χ1n) is 18.5. The van der Waals surface area contributed by atoms with E-state index >= 15 is 0 Å². The predicted molar refractivity (Wildman–Crippen MR) is 191 cm³/mol. The molecule has 4 heterocycles. The number of nitrogens with zero attached hydrogens (tertiary/aromatic N) is 5. The molecule has 6 rings (SSSR count). The maximum absolute atomic E-state index is 14.1. The van der Waals surface area contributed by atoms with E-state index in [1.165, 1.54) is 11.1 Å². The van der Waals surface area contributed by atoms with Gasteiger partial charge in [0.15, 0.2) is 0 Å². The Kier molecular flexibility index (Phi) is 11.7. The van der Waals surface area contributed by atoms with E-state index in [1.807, 2.05) is 28.0 Å². The predicted octanol–water partition coefficient (Wildman–Crippen LogP) is 4.16. The van der Waals surface area contributed by atoms with Crippen molar-refractivity contribution in [3.63, 3.8) is 0 Å². The van der Waals surface area contributed by atoms with Crippen molar-refractivity contribution < 1.29 is 19.2 Å². The Bertz CT molecular complexity index is 1450. The zero-order valence-electron chi connectivity index (χ0n) is 29.7. The monoisotopic (exact) mass is 673 g/mol. The third-order valence-corrected chi connectivity index (χ3v) is 11.1. The van der Waals surface area contributed by atoms with Gasteiger partial charge in [0.2, 0.25) is 5.91 Å². The van der Waals surface area contributed by atoms with Gasteiger partial charge in [0.05, 0.1) is 0 Å². The molecule has 0 spiro atoms. The minimum absolute atomic E-state index is 0.0433. The minimum Gasteiger partial charge on any atom is -0.351 e. The van der Waals surface area contributed by atoms with Gasteiger partial charge in [0.1, 0.15) is 6.04 Å². The summed E-state index contributed by atoms with van der Waals surface area (Å²) in [5.74, 6) is -0.0433. The molecule has 3 saturated heterocycles. The number of para-hydroxylation sites is 1. The highest BCUT2D eigenvalue weighted by Gasteiger charge is 2.34. The molecule has 1 atom stereocenters. The second-order valence-electron chi connectivity index (χ2n) is 14.2. The third-order valence-electron chi connectivity index (χ3n) is 11.1. The summed E-state index contributed by atoms with van der Waals surface area (Å²) < 4.78 is 0. The van der Waals surface area contributed by atoms with Gasteiger partial charge >= 0.3 is 12.1 Å². The lowest BCUT2D eigenvalue weighted by molar-refractivity contribution is -0.137. The molecule has 0 aromatic heterocycles. The van der Waals surface area contributed by atoms with Crippen LogP contribution in [-0.2, 0) is 35.3 Å². The van der Waals surface area contributed by atoms with Crippen LogP contribution in [0, 0.1) is 0 Å². The fourth-order valence-electron chi connectivity index (χ4n) is 8.04. The quantitative estimate of drug-likeness (QED) is 0.413. The number of amides is 4. The number of piperidine rings is 2. The second kappa shape index (κ2) is 16.4. The molecule has 266 valence electrons. The molecule has 0 bridgehead atoms. The molecule has 3 fully saturated rings. The summed E-state index contributed by atoms with van der Waals surface area (Å²) >= 11 is 0. The Morgan fingerprint density at radius 3 is 2.27 bits per heavy atom. The van der Waals surface area contributed by atoms with Crippen LogP contribution in [0.1, 0.15) is 61.8 Å². The number of urea groups is 1. The van der Waals surface area contributed by atoms with Crippen molar-refractivity contribution in [3.8, 4) is 0 Å². The summed E-state index contributed by atoms with van der Waals surface area (Å²) in [5, 5.41) is 7.71. The number of carbonyl (C=O) groups is 3. The van der Waals surface area contributed by atoms with Gasteiger partial charge in [-0.15, -0.1) is 5.06 Å². The number of fused-ring (bicyclic) bond motifs is 1. The number of hydrogen-bond donors (Lipinski definition) is 2. The minimum atomic E-state index is -0.718. The van der Waals surface area contributed by atoms with Gasteiger partial charge in [0, 0.05) is 83.1 Å². The Morgan fingerprint density at radius 2 is 1.55 bits per heavy atom. The molecule has 0 radical (unpaired) electrons. The van der Waals surface area contributed by atoms with Crippen LogP contribution in [-0.4, -0.2) is 127 Å². The first-order valence-corrected chi connectivity index (χ1v) is 18.5. The van der Waals surface area contributed by atoms with Crippen LogP contribution in [0.5, 0.6) is 0 Å². The van der Waals surface area contributed by atoms with Crippen LogP contribution < -0.4 is 10.6 Å². The number of benzene rings is 2. The van der Waals surface area contributed by atoms with Crippen LogP contribution in [0.2, 0.25) is 0 Å². The van der Waals surface area contributed by atoms with E-state index in [2.05, 4.69) is 65.6 Å². The molecule has 4 aliphatic heterocycles. The Morgan fingerprint density at radius 1 is 0.857 bits per heavy atom. The van der Waals surface area contributed by atoms with Gasteiger partial charge < -0.3 is 30.2 Å². The highest BCUT2D eigenvalue weighted by Crippen LogP contribution is 2.25. The van der Waals surface area contributed by atoms with Crippen LogP contribution in [0.4, 0.5) is 15.3 Å². The molecule has 4 aliphatic rings. The van der Waals surface area contributed by atoms with E-state index in [0.717, 1.165) is 75.1 Å². The summed E-state index contributed by atoms with van der Waals surface area (Å²) in [6, 6.07) is 14.2. The second-order valence-corrected chi connectivity index (χ2v) is 14.2. The Hall–Kier alpha value is -3.67. The number of aryl methyl sites for hydroxylation is 2. The molecule has 4 amide bonds. The number of rotatable bonds is 9. The topological polar surface area (TPSA) is 101 Å². The largest absolute Gasteiger partial charge is 0.426 e. The zero-order valence-corrected chi connectivity index (χ0v) is 29.7. The van der Waals surface area contributed by atoms with Crippen molar-refractivity contribution >= 4 is 23.7 Å². The van der Waals surface area contributed by atoms with E-state index in [4.69, 9.17) is 4.84 Å². The maximum Gasteiger partial charge on any atom is 0.426 e. The molecule has 11 heteroatoms. The molecule has 49 heavy (non-hydrogen) atoms. The van der Waals surface area contributed by atoms with Gasteiger partial charge in [-0.25, -0.2) is 9.59 Å². The average molecular weight is 674 g/mol. The normalized spacial score (nSPS) is 21.1. The van der Waals surface area contributed by atoms with E-state index in [0.29, 0.717) is 58.0 Å². The van der Waals surface area contributed by atoms with Gasteiger partial charge in [-0.1, -0.05) is 50.2 Å². The summed E-state index contributed by atoms with van der Waals surface area (Å²) in [7, 11) is 2.17. The molecule has 11 nitrogen and oxygen atoms in total. The third kappa shape index (κ3) is 8.74. The molecule has 2 aromatic carbocycles. The Balaban J connectivity index is 1.05. The molecule has 0 unspecified atom stereocenters. The first-order chi connectivity index (χ1) is 23.8. The number of carbonyl (C=O) groups excluding carboxylic acids is 3. The van der Waals surface area contributed by atoms with Crippen LogP contribution in [0.3, 0.4) is 0 Å². The molecule has 2 N–H and O–H groups in total. The summed E-state index contributed by atoms with van der Waals surface area (Å²) in [4.78, 5) is 55.1. The fourth-order valence-corrected chi connectivity index (χ4v) is 8.04. The number of nitrogens with one attached hydrogen (secondary N) is 2. The highest BCUT2D eigenvalue weighted by atomic mass is 16.7. The molecule has 0 saturated carbocycles. The summed E-state index contributed by atoms with van der Waals surface area (Å²) in [6.07, 6.45) is 5.81. The smallest absolute Gasteiger partial charge is 0.351 e. The van der Waals surface area contributed by atoms with Gasteiger partial charge in [-0.2, -0.15) is 0 Å². The fraction of sp³-hybridized carbons (Fsp3) is 0.605. The SMILES string of the molecule is CCc1ccc(C[C@@H](NC(=O)ON2CCC(N3CCc4ccccc4NC3=O)CC2)C(=O)N2CCC(N3CCN(C)CC3)CC2)cc1CC. The van der Waals surface area contributed by atoms with Crippen LogP contribution in [0.25, 0.3) is 0 Å². The van der Waals surface area contributed by atoms with E-state index in [9.17, 15) is 14.4 Å². The number of piperazine rings is 1. The molecule has 0 aliphatic carbocycles. The van der Waals surface area contributed by atoms with Crippen LogP contribution >= 0.6 is 0 Å². The standard InChI is InChI=1S/C38H55N7O4/c1-4-29-11-10-28(26-30(29)5-2)27-35(36(46)43-17-13-32(14-18-43)42-24-22-41(3)23-25-42)40-38(48)49-44-19-15-33(16-20-44)45-21-12-31-8-6-7-9-34(31)39-37(45)47/h6-11,26,32-33,35H,4-5,12-25,27H2,1-3H3,(H,39,47)(H,40,48)/t35-/m1/s1. The number of likely N-dealkylation sites (N-methyl/N-ethyl adjacent to an activating group) is 1. The lowest BCUT2D eigenvalue weighted by Crippen LogP contribution is -2.56. The van der Waals surface area contributed by atoms with E-state index in [1.54, 1.807) is 5.06 Å². The van der Waals surface area contributed by atoms with Crippen LogP contribution in [0.15, 0.2) is 42.5 Å². The Labute approximate surface area is 291 Å². The van der Waals surface area contributed by atoms with Crippen molar-refractivity contribution in [2.24, 2.45) is 0 Å². The lowest BCUT2D eigenvalue weighted by atomic mass is 9.96. The van der Waals surface area contributed by atoms with Gasteiger partial charge in [-0.05, 0) is 80.3 Å². The van der Waals surface area contributed by atoms with Crippen molar-refractivity contribution in [1.82, 2.24) is 30.0 Å². The number of anilines is 1. The van der Waals surface area contributed by atoms with E-state index in [-0.39, 0.29) is 18.0 Å². The lowest BCUT2D eigenvalue weighted by Gasteiger charge is -2.42. The van der Waals surface area contributed by atoms with Crippen molar-refractivity contribution in [1.29, 1.82) is 0 Å². The molecular weight excluding hydrogens is 618 g/mol. The number of hydroxylamine groups is 2. The molecular formula is C38H55N7O4. The van der Waals surface area contributed by atoms with E-state index < -0.39 is 12.1 Å². The summed E-state index contributed by atoms with van der Waals surface area (Å²) in [5.41, 5.74) is 5.66. The zero-order chi connectivity index (χ0) is 34.3. The average Bonchev–Trinajstić information content (AvgIpc) is 3.29. The highest BCUT2D eigenvalue weighted by molar-refractivity contribution is 5.91. The van der Waals surface area contributed by atoms with Gasteiger partial charge in [-0.3, -0.25) is 9.69 Å². The first kappa shape index (κ1) is 35.2. The van der Waals surface area contributed by atoms with Crippen molar-refractivity contribution in [2.45, 2.75) is 83.3 Å². The van der Waals surface area contributed by atoms with Crippen molar-refractivity contribution in [2.75, 3.05) is 71.3 Å². The van der Waals surface area contributed by atoms with Gasteiger partial charge in [0.25, 0.3) is 0 Å². The van der Waals surface area contributed by atoms with Crippen molar-refractivity contribution in [3.05, 3.63) is 64.7 Å². The summed E-state index contributed by atoms with van der Waals surface area (Å²) in [6.45, 7) is 11.7. The number of likely N-dealkylation sites (tertiary alicyclic amines) is 1. The number of hydrogen-bond acceptors (Lipinski definition) is 7. The molecule has 2 aromatic rings.